The van der Waals surface area contributed by atoms with E-state index in [0.717, 1.165) is 32.5 Å². The van der Waals surface area contributed by atoms with Crippen molar-refractivity contribution in [2.75, 3.05) is 26.2 Å². The molecule has 0 atom stereocenters. The maximum Gasteiger partial charge on any atom is 0.243 e. The first-order valence-corrected chi connectivity index (χ1v) is 19.7. The predicted octanol–water partition coefficient (Wildman–Crippen LogP) is 11.9. The van der Waals surface area contributed by atoms with Gasteiger partial charge in [0.1, 0.15) is 5.84 Å². The Bertz CT molecular complexity index is 713. The first kappa shape index (κ1) is 40.4. The van der Waals surface area contributed by atoms with Crippen LogP contribution in [0.4, 0.5) is 0 Å². The van der Waals surface area contributed by atoms with Crippen molar-refractivity contribution in [3.63, 3.8) is 0 Å². The quantitative estimate of drug-likeness (QED) is 0.0454. The van der Waals surface area contributed by atoms with E-state index in [0.29, 0.717) is 6.54 Å². The topological polar surface area (TPSA) is 44.7 Å². The monoisotopic (exact) mass is 614 g/mol. The number of unbranched alkanes of at least 4 members (excludes halogenated alkanes) is 25. The molecule has 1 rings (SSSR count). The van der Waals surface area contributed by atoms with Gasteiger partial charge in [-0.25, -0.2) is 0 Å². The molecule has 0 radical (unpaired) electrons. The highest BCUT2D eigenvalue weighted by atomic mass is 16.1. The van der Waals surface area contributed by atoms with Gasteiger partial charge in [-0.05, 0) is 31.8 Å². The Morgan fingerprint density at radius 2 is 1.05 bits per heavy atom. The van der Waals surface area contributed by atoms with Gasteiger partial charge in [0, 0.05) is 26.1 Å². The molecule has 0 unspecified atom stereocenters. The van der Waals surface area contributed by atoms with E-state index < -0.39 is 0 Å². The summed E-state index contributed by atoms with van der Waals surface area (Å²) < 4.78 is 0. The Labute approximate surface area is 275 Å². The molecule has 0 aromatic carbocycles. The van der Waals surface area contributed by atoms with Crippen LogP contribution in [0.3, 0.4) is 0 Å². The molecule has 0 spiro atoms. The number of nitrogens with zero attached hydrogens (tertiary/aromatic N) is 2. The van der Waals surface area contributed by atoms with Crippen LogP contribution in [0.1, 0.15) is 194 Å². The fourth-order valence-corrected chi connectivity index (χ4v) is 6.22. The summed E-state index contributed by atoms with van der Waals surface area (Å²) in [5, 5.41) is 3.06. The van der Waals surface area contributed by atoms with Gasteiger partial charge in [-0.3, -0.25) is 9.79 Å². The lowest BCUT2D eigenvalue weighted by molar-refractivity contribution is -0.116. The number of amides is 1. The van der Waals surface area contributed by atoms with Crippen molar-refractivity contribution in [1.29, 1.82) is 0 Å². The van der Waals surface area contributed by atoms with Gasteiger partial charge >= 0.3 is 0 Å². The van der Waals surface area contributed by atoms with Gasteiger partial charge in [-0.1, -0.05) is 180 Å². The summed E-state index contributed by atoms with van der Waals surface area (Å²) in [6.07, 6.45) is 46.3. The molecule has 0 saturated carbocycles. The molecule has 0 aromatic heterocycles. The van der Waals surface area contributed by atoms with Crippen LogP contribution in [-0.2, 0) is 4.79 Å². The van der Waals surface area contributed by atoms with E-state index >= 15 is 0 Å². The van der Waals surface area contributed by atoms with Gasteiger partial charge in [-0.15, -0.1) is 0 Å². The van der Waals surface area contributed by atoms with E-state index in [4.69, 9.17) is 4.99 Å². The van der Waals surface area contributed by atoms with Crippen molar-refractivity contribution < 1.29 is 4.79 Å². The smallest absolute Gasteiger partial charge is 0.243 e. The molecule has 256 valence electrons. The van der Waals surface area contributed by atoms with Crippen molar-refractivity contribution in [3.05, 3.63) is 24.3 Å². The molecule has 1 aliphatic heterocycles. The highest BCUT2D eigenvalue weighted by Crippen LogP contribution is 2.14. The largest absolute Gasteiger partial charge is 0.356 e. The summed E-state index contributed by atoms with van der Waals surface area (Å²) in [5.74, 6) is 1.22. The highest BCUT2D eigenvalue weighted by molar-refractivity contribution is 5.87. The zero-order valence-corrected chi connectivity index (χ0v) is 29.7. The van der Waals surface area contributed by atoms with Crippen LogP contribution in [0.5, 0.6) is 0 Å². The van der Waals surface area contributed by atoms with Crippen LogP contribution >= 0.6 is 0 Å². The number of rotatable bonds is 33. The third kappa shape index (κ3) is 26.8. The van der Waals surface area contributed by atoms with Gasteiger partial charge in [0.05, 0.1) is 6.54 Å². The van der Waals surface area contributed by atoms with Crippen LogP contribution in [-0.4, -0.2) is 42.8 Å². The highest BCUT2D eigenvalue weighted by Gasteiger charge is 2.14. The minimum absolute atomic E-state index is 0.0414. The Morgan fingerprint density at radius 3 is 1.52 bits per heavy atom. The molecule has 0 fully saturated rings. The van der Waals surface area contributed by atoms with Crippen LogP contribution in [0, 0.1) is 0 Å². The van der Waals surface area contributed by atoms with Crippen LogP contribution in [0.2, 0.25) is 0 Å². The average molecular weight is 614 g/mol. The maximum atomic E-state index is 12.2. The van der Waals surface area contributed by atoms with Gasteiger partial charge in [0.25, 0.3) is 0 Å². The second kappa shape index (κ2) is 32.8. The standard InChI is InChI=1S/C40H75N3O/c1-3-5-7-9-11-13-15-17-19-21-23-25-27-29-31-33-39-41-35-37-43(39)38-36-42-40(44)34-32-30-28-26-24-22-20-18-16-14-12-10-8-6-4-2/h29,31-32,34H,3-28,30,33,35-38H2,1-2H3,(H,42,44)/b31-29+,34-32+. The van der Waals surface area contributed by atoms with E-state index in [1.54, 1.807) is 6.08 Å². The van der Waals surface area contributed by atoms with Gasteiger partial charge in [0.2, 0.25) is 5.91 Å². The van der Waals surface area contributed by atoms with Crippen LogP contribution in [0.15, 0.2) is 29.3 Å². The summed E-state index contributed by atoms with van der Waals surface area (Å²) in [7, 11) is 0. The molecule has 0 saturated heterocycles. The number of hydrogen-bond donors (Lipinski definition) is 1. The predicted molar refractivity (Wildman–Crippen MR) is 196 cm³/mol. The molecule has 4 nitrogen and oxygen atoms in total. The summed E-state index contributed by atoms with van der Waals surface area (Å²) in [4.78, 5) is 19.2. The van der Waals surface area contributed by atoms with Crippen molar-refractivity contribution in [2.45, 2.75) is 194 Å². The summed E-state index contributed by atoms with van der Waals surface area (Å²) in [6, 6.07) is 0. The SMILES string of the molecule is CCCCCCCCCCCCCC/C=C/CC1=NCCN1CCNC(=O)/C=C/CCCCCCCCCCCCCCC. The van der Waals surface area contributed by atoms with Crippen LogP contribution < -0.4 is 5.32 Å². The Kier molecular flexibility index (Phi) is 30.2. The van der Waals surface area contributed by atoms with E-state index in [-0.39, 0.29) is 5.91 Å². The number of aliphatic imine (C=N–C) groups is 1. The molecule has 0 bridgehead atoms. The normalized spacial score (nSPS) is 13.5. The third-order valence-corrected chi connectivity index (χ3v) is 9.15. The lowest BCUT2D eigenvalue weighted by Crippen LogP contribution is -2.36. The first-order chi connectivity index (χ1) is 21.8. The fourth-order valence-electron chi connectivity index (χ4n) is 6.22. The van der Waals surface area contributed by atoms with E-state index in [9.17, 15) is 4.79 Å². The second-order valence-electron chi connectivity index (χ2n) is 13.4. The van der Waals surface area contributed by atoms with Crippen molar-refractivity contribution in [3.8, 4) is 0 Å². The van der Waals surface area contributed by atoms with Crippen molar-refractivity contribution in [2.24, 2.45) is 4.99 Å². The minimum atomic E-state index is 0.0414. The average Bonchev–Trinajstić information content (AvgIpc) is 3.48. The third-order valence-electron chi connectivity index (χ3n) is 9.15. The Hall–Kier alpha value is -1.58. The zero-order valence-electron chi connectivity index (χ0n) is 29.7. The minimum Gasteiger partial charge on any atom is -0.356 e. The molecule has 44 heavy (non-hydrogen) atoms. The van der Waals surface area contributed by atoms with Crippen molar-refractivity contribution >= 4 is 11.7 Å². The summed E-state index contributed by atoms with van der Waals surface area (Å²) in [6.45, 7) is 7.97. The lowest BCUT2D eigenvalue weighted by Gasteiger charge is -2.19. The molecular weight excluding hydrogens is 538 g/mol. The van der Waals surface area contributed by atoms with E-state index in [1.165, 1.54) is 173 Å². The molecule has 0 aromatic rings. The number of hydrogen-bond acceptors (Lipinski definition) is 3. The van der Waals surface area contributed by atoms with E-state index in [1.807, 2.05) is 0 Å². The zero-order chi connectivity index (χ0) is 31.6. The van der Waals surface area contributed by atoms with Gasteiger partial charge in [-0.2, -0.15) is 0 Å². The summed E-state index contributed by atoms with van der Waals surface area (Å²) >= 11 is 0. The Balaban J connectivity index is 1.91. The number of allylic oxidation sites excluding steroid dienone is 2. The van der Waals surface area contributed by atoms with Gasteiger partial charge < -0.3 is 10.2 Å². The molecule has 1 aliphatic rings. The molecule has 1 heterocycles. The fraction of sp³-hybridized carbons (Fsp3) is 0.850. The Morgan fingerprint density at radius 1 is 0.614 bits per heavy atom. The number of nitrogens with one attached hydrogen (secondary N) is 1. The summed E-state index contributed by atoms with van der Waals surface area (Å²) in [5.41, 5.74) is 0. The van der Waals surface area contributed by atoms with Crippen LogP contribution in [0.25, 0.3) is 0 Å². The first-order valence-electron chi connectivity index (χ1n) is 19.7. The maximum absolute atomic E-state index is 12.2. The second-order valence-corrected chi connectivity index (χ2v) is 13.4. The van der Waals surface area contributed by atoms with Gasteiger partial charge in [0.15, 0.2) is 0 Å². The number of amidine groups is 1. The molecule has 0 aliphatic carbocycles. The van der Waals surface area contributed by atoms with Crippen molar-refractivity contribution in [1.82, 2.24) is 10.2 Å². The lowest BCUT2D eigenvalue weighted by atomic mass is 10.0. The number of carbonyl (C=O) groups is 1. The molecular formula is C40H75N3O. The molecule has 4 heteroatoms. The number of carbonyl (C=O) groups excluding carboxylic acids is 1. The molecule has 1 N–H and O–H groups in total. The molecule has 1 amide bonds. The van der Waals surface area contributed by atoms with E-state index in [2.05, 4.69) is 42.3 Å².